The van der Waals surface area contributed by atoms with Crippen LogP contribution in [0, 0.1) is 5.82 Å². The van der Waals surface area contributed by atoms with Crippen LogP contribution in [0.15, 0.2) is 48.0 Å². The molecule has 0 fully saturated rings. The van der Waals surface area contributed by atoms with Gasteiger partial charge in [-0.1, -0.05) is 31.2 Å². The summed E-state index contributed by atoms with van der Waals surface area (Å²) in [5, 5.41) is 5.21. The zero-order valence-corrected chi connectivity index (χ0v) is 15.8. The minimum Gasteiger partial charge on any atom is -0.477 e. The lowest BCUT2D eigenvalue weighted by molar-refractivity contribution is 0.0946. The van der Waals surface area contributed by atoms with E-state index in [0.717, 1.165) is 12.0 Å². The number of carbonyl (C=O) groups excluding carboxylic acids is 1. The van der Waals surface area contributed by atoms with Crippen LogP contribution >= 0.6 is 11.3 Å². The third-order valence-corrected chi connectivity index (χ3v) is 4.66. The molecular formula is C20H20FN3O2S. The van der Waals surface area contributed by atoms with Gasteiger partial charge in [0.05, 0.1) is 11.6 Å². The number of pyridine rings is 1. The Labute approximate surface area is 161 Å². The summed E-state index contributed by atoms with van der Waals surface area (Å²) in [7, 11) is 0. The third kappa shape index (κ3) is 5.10. The quantitative estimate of drug-likeness (QED) is 0.637. The number of hydrogen-bond donors (Lipinski definition) is 1. The first-order chi connectivity index (χ1) is 13.2. The molecule has 1 N–H and O–H groups in total. The molecule has 7 heteroatoms. The summed E-state index contributed by atoms with van der Waals surface area (Å²) in [5.74, 6) is -0.0237. The number of nitrogens with zero attached hydrogens (tertiary/aromatic N) is 2. The number of thiazole rings is 1. The SMILES string of the molecule is CCCOc1ncccc1CNC(=O)c1csc(Cc2ccccc2F)n1. The molecule has 0 bridgehead atoms. The number of amides is 1. The number of halogens is 1. The Morgan fingerprint density at radius 3 is 2.85 bits per heavy atom. The molecule has 3 aromatic rings. The highest BCUT2D eigenvalue weighted by molar-refractivity contribution is 7.09. The lowest BCUT2D eigenvalue weighted by Gasteiger charge is -2.09. The molecule has 1 amide bonds. The first-order valence-corrected chi connectivity index (χ1v) is 9.58. The van der Waals surface area contributed by atoms with E-state index in [2.05, 4.69) is 15.3 Å². The molecule has 2 aromatic heterocycles. The molecule has 0 atom stereocenters. The van der Waals surface area contributed by atoms with Crippen molar-refractivity contribution in [2.75, 3.05) is 6.61 Å². The van der Waals surface area contributed by atoms with Gasteiger partial charge in [0.25, 0.3) is 5.91 Å². The van der Waals surface area contributed by atoms with Crippen LogP contribution in [-0.2, 0) is 13.0 Å². The van der Waals surface area contributed by atoms with E-state index in [1.54, 1.807) is 35.8 Å². The third-order valence-electron chi connectivity index (χ3n) is 3.82. The Morgan fingerprint density at radius 2 is 2.04 bits per heavy atom. The Bertz CT molecular complexity index is 914. The highest BCUT2D eigenvalue weighted by atomic mass is 32.1. The maximum absolute atomic E-state index is 13.8. The number of nitrogens with one attached hydrogen (secondary N) is 1. The number of hydrogen-bond acceptors (Lipinski definition) is 5. The summed E-state index contributed by atoms with van der Waals surface area (Å²) < 4.78 is 19.3. The molecule has 0 aliphatic heterocycles. The molecular weight excluding hydrogens is 365 g/mol. The molecule has 0 saturated heterocycles. The zero-order valence-electron chi connectivity index (χ0n) is 14.9. The van der Waals surface area contributed by atoms with E-state index in [1.165, 1.54) is 17.4 Å². The van der Waals surface area contributed by atoms with Crippen LogP contribution in [-0.4, -0.2) is 22.5 Å². The van der Waals surface area contributed by atoms with Crippen LogP contribution in [0.5, 0.6) is 5.88 Å². The van der Waals surface area contributed by atoms with Gasteiger partial charge in [-0.15, -0.1) is 11.3 Å². The average molecular weight is 385 g/mol. The largest absolute Gasteiger partial charge is 0.477 e. The van der Waals surface area contributed by atoms with Crippen LogP contribution in [0.1, 0.15) is 40.0 Å². The predicted molar refractivity (Wildman–Crippen MR) is 103 cm³/mol. The highest BCUT2D eigenvalue weighted by Crippen LogP contribution is 2.18. The zero-order chi connectivity index (χ0) is 19.1. The smallest absolute Gasteiger partial charge is 0.271 e. The van der Waals surface area contributed by atoms with Gasteiger partial charge in [0, 0.05) is 30.1 Å². The van der Waals surface area contributed by atoms with Gasteiger partial charge in [0.15, 0.2) is 0 Å². The van der Waals surface area contributed by atoms with Crippen LogP contribution in [0.4, 0.5) is 4.39 Å². The van der Waals surface area contributed by atoms with E-state index in [0.29, 0.717) is 41.7 Å². The van der Waals surface area contributed by atoms with Gasteiger partial charge in [-0.3, -0.25) is 4.79 Å². The molecule has 0 spiro atoms. The molecule has 0 aliphatic rings. The monoisotopic (exact) mass is 385 g/mol. The summed E-state index contributed by atoms with van der Waals surface area (Å²) in [6, 6.07) is 10.2. The van der Waals surface area contributed by atoms with Crippen LogP contribution in [0.25, 0.3) is 0 Å². The Balaban J connectivity index is 1.61. The minimum atomic E-state index is -0.281. The average Bonchev–Trinajstić information content (AvgIpc) is 3.15. The van der Waals surface area contributed by atoms with Gasteiger partial charge < -0.3 is 10.1 Å². The normalized spacial score (nSPS) is 10.6. The van der Waals surface area contributed by atoms with Crippen molar-refractivity contribution in [2.45, 2.75) is 26.3 Å². The van der Waals surface area contributed by atoms with E-state index < -0.39 is 0 Å². The van der Waals surface area contributed by atoms with Gasteiger partial charge >= 0.3 is 0 Å². The number of aromatic nitrogens is 2. The molecule has 1 aromatic carbocycles. The second-order valence-electron chi connectivity index (χ2n) is 5.89. The van der Waals surface area contributed by atoms with Crippen molar-refractivity contribution in [3.8, 4) is 5.88 Å². The molecule has 5 nitrogen and oxygen atoms in total. The fourth-order valence-corrected chi connectivity index (χ4v) is 3.25. The number of ether oxygens (including phenoxy) is 1. The number of benzene rings is 1. The Morgan fingerprint density at radius 1 is 1.22 bits per heavy atom. The molecule has 3 rings (SSSR count). The molecule has 0 saturated carbocycles. The molecule has 0 radical (unpaired) electrons. The van der Waals surface area contributed by atoms with E-state index in [-0.39, 0.29) is 11.7 Å². The Hall–Kier alpha value is -2.80. The van der Waals surface area contributed by atoms with E-state index >= 15 is 0 Å². The molecule has 27 heavy (non-hydrogen) atoms. The van der Waals surface area contributed by atoms with Crippen molar-refractivity contribution in [1.29, 1.82) is 0 Å². The number of carbonyl (C=O) groups is 1. The summed E-state index contributed by atoms with van der Waals surface area (Å²) in [5.41, 5.74) is 1.69. The molecule has 2 heterocycles. The molecule has 140 valence electrons. The van der Waals surface area contributed by atoms with Crippen molar-refractivity contribution in [3.05, 3.63) is 75.6 Å². The van der Waals surface area contributed by atoms with Crippen LogP contribution in [0.2, 0.25) is 0 Å². The number of rotatable bonds is 8. The van der Waals surface area contributed by atoms with E-state index in [1.807, 2.05) is 13.0 Å². The van der Waals surface area contributed by atoms with Gasteiger partial charge in [-0.25, -0.2) is 14.4 Å². The van der Waals surface area contributed by atoms with Crippen molar-refractivity contribution in [2.24, 2.45) is 0 Å². The summed E-state index contributed by atoms with van der Waals surface area (Å²) in [6.45, 7) is 2.89. The van der Waals surface area contributed by atoms with Gasteiger partial charge in [0.1, 0.15) is 11.5 Å². The van der Waals surface area contributed by atoms with Gasteiger partial charge in [-0.2, -0.15) is 0 Å². The van der Waals surface area contributed by atoms with Crippen LogP contribution in [0.3, 0.4) is 0 Å². The highest BCUT2D eigenvalue weighted by Gasteiger charge is 2.13. The fraction of sp³-hybridized carbons (Fsp3) is 0.250. The lowest BCUT2D eigenvalue weighted by Crippen LogP contribution is -2.23. The maximum Gasteiger partial charge on any atom is 0.271 e. The standard InChI is InChI=1S/C20H20FN3O2S/c1-2-10-26-20-15(7-5-9-22-20)12-23-19(25)17-13-27-18(24-17)11-14-6-3-4-8-16(14)21/h3-9,13H,2,10-12H2,1H3,(H,23,25). The summed E-state index contributed by atoms with van der Waals surface area (Å²) in [4.78, 5) is 20.9. The summed E-state index contributed by atoms with van der Waals surface area (Å²) in [6.07, 6.45) is 2.90. The minimum absolute atomic E-state index is 0.269. The van der Waals surface area contributed by atoms with Crippen molar-refractivity contribution >= 4 is 17.2 Å². The molecule has 0 unspecified atom stereocenters. The van der Waals surface area contributed by atoms with Crippen molar-refractivity contribution < 1.29 is 13.9 Å². The first kappa shape index (κ1) is 19.0. The topological polar surface area (TPSA) is 64.1 Å². The summed E-state index contributed by atoms with van der Waals surface area (Å²) >= 11 is 1.34. The van der Waals surface area contributed by atoms with E-state index in [9.17, 15) is 9.18 Å². The second-order valence-corrected chi connectivity index (χ2v) is 6.84. The van der Waals surface area contributed by atoms with Crippen molar-refractivity contribution in [3.63, 3.8) is 0 Å². The van der Waals surface area contributed by atoms with Gasteiger partial charge in [-0.05, 0) is 24.1 Å². The van der Waals surface area contributed by atoms with Gasteiger partial charge in [0.2, 0.25) is 5.88 Å². The second kappa shape index (κ2) is 9.23. The van der Waals surface area contributed by atoms with Crippen molar-refractivity contribution in [1.82, 2.24) is 15.3 Å². The first-order valence-electron chi connectivity index (χ1n) is 8.70. The fourth-order valence-electron chi connectivity index (χ4n) is 2.45. The van der Waals surface area contributed by atoms with E-state index in [4.69, 9.17) is 4.74 Å². The van der Waals surface area contributed by atoms with Crippen LogP contribution < -0.4 is 10.1 Å². The lowest BCUT2D eigenvalue weighted by atomic mass is 10.1. The Kier molecular flexibility index (Phi) is 6.49. The molecule has 0 aliphatic carbocycles. The maximum atomic E-state index is 13.8. The predicted octanol–water partition coefficient (Wildman–Crippen LogP) is 3.99.